The number of carbonyl (C=O) groups is 2. The summed E-state index contributed by atoms with van der Waals surface area (Å²) in [5, 5.41) is 11.1. The number of likely N-dealkylation sites (N-methyl/N-ethyl adjacent to an activating group) is 1. The van der Waals surface area contributed by atoms with Crippen molar-refractivity contribution in [1.82, 2.24) is 14.8 Å². The van der Waals surface area contributed by atoms with Gasteiger partial charge in [0.1, 0.15) is 11.5 Å². The molecule has 1 fully saturated rings. The smallest absolute Gasteiger partial charge is 0.295 e. The minimum atomic E-state index is -0.675. The van der Waals surface area contributed by atoms with Crippen molar-refractivity contribution >= 4 is 17.4 Å². The lowest BCUT2D eigenvalue weighted by molar-refractivity contribution is -0.140. The van der Waals surface area contributed by atoms with Crippen molar-refractivity contribution in [2.45, 2.75) is 18.9 Å². The van der Waals surface area contributed by atoms with Crippen LogP contribution < -0.4 is 4.74 Å². The van der Waals surface area contributed by atoms with E-state index in [0.29, 0.717) is 30.8 Å². The van der Waals surface area contributed by atoms with E-state index in [1.54, 1.807) is 24.5 Å². The average Bonchev–Trinajstić information content (AvgIpc) is 3.02. The van der Waals surface area contributed by atoms with Crippen LogP contribution in [0.15, 0.2) is 48.3 Å². The zero-order valence-electron chi connectivity index (χ0n) is 17.2. The highest BCUT2D eigenvalue weighted by atomic mass is 16.5. The van der Waals surface area contributed by atoms with Crippen molar-refractivity contribution < 1.29 is 19.4 Å². The van der Waals surface area contributed by atoms with Crippen LogP contribution in [0.2, 0.25) is 0 Å². The number of fused-ring (bicyclic) bond motifs is 1. The summed E-state index contributed by atoms with van der Waals surface area (Å²) in [6, 6.07) is 8.29. The molecule has 0 bridgehead atoms. The fraction of sp³-hybridized carbons (Fsp3) is 0.348. The Kier molecular flexibility index (Phi) is 5.55. The minimum Gasteiger partial charge on any atom is -0.507 e. The van der Waals surface area contributed by atoms with Crippen molar-refractivity contribution in [2.75, 3.05) is 33.8 Å². The summed E-state index contributed by atoms with van der Waals surface area (Å²) < 4.78 is 5.64. The van der Waals surface area contributed by atoms with Gasteiger partial charge in [-0.3, -0.25) is 14.6 Å². The van der Waals surface area contributed by atoms with E-state index in [4.69, 9.17) is 4.74 Å². The number of Topliss-reactive ketones (excluding diaryl/α,β-unsaturated/α-hetero) is 1. The molecule has 0 aliphatic carbocycles. The predicted octanol–water partition coefficient (Wildman–Crippen LogP) is 2.39. The highest BCUT2D eigenvalue weighted by Gasteiger charge is 2.46. The first-order valence-corrected chi connectivity index (χ1v) is 10.1. The highest BCUT2D eigenvalue weighted by molar-refractivity contribution is 6.46. The van der Waals surface area contributed by atoms with Crippen molar-refractivity contribution in [3.05, 3.63) is 65.0 Å². The highest BCUT2D eigenvalue weighted by Crippen LogP contribution is 2.39. The molecule has 1 unspecified atom stereocenters. The number of aliphatic hydroxyl groups is 1. The zero-order valence-corrected chi connectivity index (χ0v) is 17.2. The van der Waals surface area contributed by atoms with Crippen molar-refractivity contribution in [3.63, 3.8) is 0 Å². The van der Waals surface area contributed by atoms with Gasteiger partial charge in [-0.1, -0.05) is 6.07 Å². The lowest BCUT2D eigenvalue weighted by Crippen LogP contribution is -2.35. The van der Waals surface area contributed by atoms with Crippen LogP contribution in [-0.4, -0.2) is 65.4 Å². The van der Waals surface area contributed by atoms with E-state index in [1.807, 2.05) is 37.2 Å². The number of aliphatic hydroxyl groups excluding tert-OH is 1. The van der Waals surface area contributed by atoms with Gasteiger partial charge >= 0.3 is 0 Å². The van der Waals surface area contributed by atoms with E-state index in [2.05, 4.69) is 4.98 Å². The maximum Gasteiger partial charge on any atom is 0.295 e. The fourth-order valence-corrected chi connectivity index (χ4v) is 3.97. The molecule has 3 heterocycles. The van der Waals surface area contributed by atoms with Crippen LogP contribution >= 0.6 is 0 Å². The summed E-state index contributed by atoms with van der Waals surface area (Å²) in [5.41, 5.74) is 2.30. The zero-order chi connectivity index (χ0) is 21.3. The molecule has 4 rings (SSSR count). The molecule has 7 nitrogen and oxygen atoms in total. The third-order valence-electron chi connectivity index (χ3n) is 5.51. The van der Waals surface area contributed by atoms with Gasteiger partial charge in [-0.05, 0) is 62.3 Å². The summed E-state index contributed by atoms with van der Waals surface area (Å²) in [6.07, 6.45) is 5.02. The third-order valence-corrected chi connectivity index (χ3v) is 5.51. The topological polar surface area (TPSA) is 83.0 Å². The molecule has 30 heavy (non-hydrogen) atoms. The Bertz CT molecular complexity index is 1000. The number of ketones is 1. The summed E-state index contributed by atoms with van der Waals surface area (Å²) in [6.45, 7) is 1.64. The Morgan fingerprint density at radius 2 is 2.13 bits per heavy atom. The number of nitrogens with zero attached hydrogens (tertiary/aromatic N) is 3. The van der Waals surface area contributed by atoms with Crippen LogP contribution in [0, 0.1) is 0 Å². The largest absolute Gasteiger partial charge is 0.507 e. The van der Waals surface area contributed by atoms with Crippen molar-refractivity contribution in [1.29, 1.82) is 0 Å². The third kappa shape index (κ3) is 3.68. The summed E-state index contributed by atoms with van der Waals surface area (Å²) in [7, 11) is 3.82. The van der Waals surface area contributed by atoms with Crippen molar-refractivity contribution in [2.24, 2.45) is 0 Å². The number of carbonyl (C=O) groups excluding carboxylic acids is 2. The predicted molar refractivity (Wildman–Crippen MR) is 112 cm³/mol. The second-order valence-electron chi connectivity index (χ2n) is 7.86. The monoisotopic (exact) mass is 407 g/mol. The van der Waals surface area contributed by atoms with Crippen LogP contribution in [0.4, 0.5) is 0 Å². The standard InChI is InChI=1S/C23H25N3O4/c1-25(2)10-11-26-20(17-5-3-9-24-14-17)19(22(28)23(26)29)21(27)16-7-8-18-15(13-16)6-4-12-30-18/h3,5,7-9,13-14,20,27H,4,6,10-12H2,1-2H3/b21-19-. The number of aromatic nitrogens is 1. The molecule has 0 saturated carbocycles. The van der Waals surface area contributed by atoms with Crippen LogP contribution in [-0.2, 0) is 16.0 Å². The van der Waals surface area contributed by atoms with E-state index in [1.165, 1.54) is 4.90 Å². The van der Waals surface area contributed by atoms with Crippen molar-refractivity contribution in [3.8, 4) is 5.75 Å². The van der Waals surface area contributed by atoms with E-state index in [0.717, 1.165) is 24.2 Å². The van der Waals surface area contributed by atoms with Gasteiger partial charge in [0.15, 0.2) is 0 Å². The van der Waals surface area contributed by atoms with E-state index >= 15 is 0 Å². The first-order chi connectivity index (χ1) is 14.5. The minimum absolute atomic E-state index is 0.100. The molecule has 7 heteroatoms. The molecule has 1 amide bonds. The van der Waals surface area contributed by atoms with Gasteiger partial charge in [0.2, 0.25) is 0 Å². The maximum absolute atomic E-state index is 13.0. The lowest BCUT2D eigenvalue weighted by atomic mass is 9.94. The average molecular weight is 407 g/mol. The number of likely N-dealkylation sites (tertiary alicyclic amines) is 1. The molecule has 1 N–H and O–H groups in total. The van der Waals surface area contributed by atoms with E-state index in [-0.39, 0.29) is 11.3 Å². The Morgan fingerprint density at radius 3 is 2.87 bits per heavy atom. The molecular formula is C23H25N3O4. The number of aryl methyl sites for hydroxylation is 1. The molecule has 2 aliphatic heterocycles. The van der Waals surface area contributed by atoms with Gasteiger partial charge in [0.05, 0.1) is 18.2 Å². The molecule has 0 radical (unpaired) electrons. The van der Waals surface area contributed by atoms with E-state index in [9.17, 15) is 14.7 Å². The normalized spacial score (nSPS) is 20.4. The van der Waals surface area contributed by atoms with Gasteiger partial charge in [0, 0.05) is 31.0 Å². The van der Waals surface area contributed by atoms with Crippen LogP contribution in [0.3, 0.4) is 0 Å². The molecular weight excluding hydrogens is 382 g/mol. The van der Waals surface area contributed by atoms with Gasteiger partial charge in [-0.15, -0.1) is 0 Å². The van der Waals surface area contributed by atoms with Crippen LogP contribution in [0.25, 0.3) is 5.76 Å². The maximum atomic E-state index is 13.0. The van der Waals surface area contributed by atoms with Gasteiger partial charge in [-0.25, -0.2) is 0 Å². The lowest BCUT2D eigenvalue weighted by Gasteiger charge is -2.26. The Labute approximate surface area is 175 Å². The molecule has 156 valence electrons. The SMILES string of the molecule is CN(C)CCN1C(=O)C(=O)/C(=C(\O)c2ccc3c(c2)CCCO3)C1c1cccnc1. The Hall–Kier alpha value is -3.19. The number of rotatable bonds is 5. The summed E-state index contributed by atoms with van der Waals surface area (Å²) >= 11 is 0. The number of ether oxygens (including phenoxy) is 1. The molecule has 2 aliphatic rings. The quantitative estimate of drug-likeness (QED) is 0.466. The van der Waals surface area contributed by atoms with Gasteiger partial charge in [-0.2, -0.15) is 0 Å². The Morgan fingerprint density at radius 1 is 1.30 bits per heavy atom. The summed E-state index contributed by atoms with van der Waals surface area (Å²) in [4.78, 5) is 33.5. The molecule has 1 saturated heterocycles. The number of hydrogen-bond acceptors (Lipinski definition) is 6. The number of amides is 1. The Balaban J connectivity index is 1.81. The second-order valence-corrected chi connectivity index (χ2v) is 7.86. The number of pyridine rings is 1. The number of benzene rings is 1. The van der Waals surface area contributed by atoms with Gasteiger partial charge < -0.3 is 19.6 Å². The molecule has 0 spiro atoms. The molecule has 1 aromatic heterocycles. The van der Waals surface area contributed by atoms with Crippen LogP contribution in [0.5, 0.6) is 5.75 Å². The fourth-order valence-electron chi connectivity index (χ4n) is 3.97. The first-order valence-electron chi connectivity index (χ1n) is 10.1. The molecule has 1 atom stereocenters. The van der Waals surface area contributed by atoms with Gasteiger partial charge in [0.25, 0.3) is 11.7 Å². The second kappa shape index (κ2) is 8.28. The van der Waals surface area contributed by atoms with E-state index < -0.39 is 17.7 Å². The summed E-state index contributed by atoms with van der Waals surface area (Å²) in [5.74, 6) is -0.640. The molecule has 1 aromatic carbocycles. The first kappa shape index (κ1) is 20.1. The molecule has 2 aromatic rings. The number of hydrogen-bond donors (Lipinski definition) is 1. The van der Waals surface area contributed by atoms with Crippen LogP contribution in [0.1, 0.15) is 29.2 Å².